The van der Waals surface area contributed by atoms with Crippen molar-refractivity contribution in [3.63, 3.8) is 0 Å². The van der Waals surface area contributed by atoms with Crippen LogP contribution in [-0.2, 0) is 15.1 Å². The molecule has 0 radical (unpaired) electrons. The van der Waals surface area contributed by atoms with Gasteiger partial charge in [-0.3, -0.25) is 4.90 Å². The van der Waals surface area contributed by atoms with Gasteiger partial charge in [0.15, 0.2) is 0 Å². The molecule has 0 aliphatic rings. The molecular weight excluding hydrogens is 266 g/mol. The van der Waals surface area contributed by atoms with Crippen molar-refractivity contribution < 1.29 is 14.3 Å². The van der Waals surface area contributed by atoms with Crippen molar-refractivity contribution in [2.45, 2.75) is 52.7 Å². The van der Waals surface area contributed by atoms with Crippen LogP contribution >= 0.6 is 0 Å². The van der Waals surface area contributed by atoms with Gasteiger partial charge in [0.05, 0.1) is 0 Å². The molecule has 0 aliphatic carbocycles. The van der Waals surface area contributed by atoms with E-state index in [2.05, 4.69) is 0 Å². The molecule has 1 atom stereocenters. The summed E-state index contributed by atoms with van der Waals surface area (Å²) in [6, 6.07) is 5.76. The van der Waals surface area contributed by atoms with Crippen LogP contribution in [0.15, 0.2) is 18.2 Å². The van der Waals surface area contributed by atoms with Gasteiger partial charge in [0.25, 0.3) is 0 Å². The van der Waals surface area contributed by atoms with Gasteiger partial charge in [-0.05, 0) is 58.2 Å². The Morgan fingerprint density at radius 1 is 1.14 bits per heavy atom. The molecule has 1 rings (SSSR count). The minimum Gasteiger partial charge on any atom is -0.444 e. The first-order chi connectivity index (χ1) is 9.51. The van der Waals surface area contributed by atoms with Crippen molar-refractivity contribution >= 4 is 12.4 Å². The van der Waals surface area contributed by atoms with E-state index in [0.29, 0.717) is 0 Å². The second kappa shape index (κ2) is 5.88. The maximum atomic E-state index is 12.2. The summed E-state index contributed by atoms with van der Waals surface area (Å²) in [5, 5.41) is 0. The number of rotatable bonds is 3. The van der Waals surface area contributed by atoms with Gasteiger partial charge in [0.1, 0.15) is 17.4 Å². The molecule has 4 nitrogen and oxygen atoms in total. The van der Waals surface area contributed by atoms with Crippen LogP contribution in [0.25, 0.3) is 0 Å². The Kier molecular flexibility index (Phi) is 4.82. The average molecular weight is 291 g/mol. The van der Waals surface area contributed by atoms with Crippen LogP contribution in [0.1, 0.15) is 44.4 Å². The van der Waals surface area contributed by atoms with E-state index in [1.165, 1.54) is 4.90 Å². The first kappa shape index (κ1) is 17.2. The van der Waals surface area contributed by atoms with Gasteiger partial charge in [-0.2, -0.15) is 0 Å². The summed E-state index contributed by atoms with van der Waals surface area (Å²) in [5.74, 6) is 0. The Morgan fingerprint density at radius 2 is 1.71 bits per heavy atom. The quantitative estimate of drug-likeness (QED) is 0.800. The SMILES string of the molecule is Cc1ccc(C(C)(C=O)N(C)C(=O)OC(C)(C)C)cc1C. The maximum absolute atomic E-state index is 12.2. The van der Waals surface area contributed by atoms with E-state index >= 15 is 0 Å². The number of likely N-dealkylation sites (N-methyl/N-ethyl adjacent to an activating group) is 1. The third-order valence-electron chi connectivity index (χ3n) is 3.68. The maximum Gasteiger partial charge on any atom is 0.411 e. The van der Waals surface area contributed by atoms with Crippen molar-refractivity contribution in [3.8, 4) is 0 Å². The van der Waals surface area contributed by atoms with Crippen LogP contribution in [0.5, 0.6) is 0 Å². The minimum absolute atomic E-state index is 0.518. The molecule has 0 bridgehead atoms. The number of hydrogen-bond acceptors (Lipinski definition) is 3. The van der Waals surface area contributed by atoms with Crippen molar-refractivity contribution in [3.05, 3.63) is 34.9 Å². The number of carbonyl (C=O) groups excluding carboxylic acids is 2. The number of hydrogen-bond donors (Lipinski definition) is 0. The molecule has 0 heterocycles. The summed E-state index contributed by atoms with van der Waals surface area (Å²) in [6.07, 6.45) is 0.261. The highest BCUT2D eigenvalue weighted by Crippen LogP contribution is 2.28. The Morgan fingerprint density at radius 3 is 2.14 bits per heavy atom. The predicted octanol–water partition coefficient (Wildman–Crippen LogP) is 3.58. The molecule has 0 aliphatic heterocycles. The lowest BCUT2D eigenvalue weighted by molar-refractivity contribution is -0.117. The molecular formula is C17H25NO3. The molecule has 0 N–H and O–H groups in total. The Bertz CT molecular complexity index is 545. The zero-order valence-corrected chi connectivity index (χ0v) is 14.0. The molecule has 0 saturated heterocycles. The summed E-state index contributed by atoms with van der Waals surface area (Å²) in [5.41, 5.74) is 1.35. The fourth-order valence-corrected chi connectivity index (χ4v) is 1.92. The third-order valence-corrected chi connectivity index (χ3v) is 3.68. The second-order valence-corrected chi connectivity index (χ2v) is 6.60. The fourth-order valence-electron chi connectivity index (χ4n) is 1.92. The summed E-state index contributed by atoms with van der Waals surface area (Å²) in [4.78, 5) is 25.3. The molecule has 0 aromatic heterocycles. The van der Waals surface area contributed by atoms with E-state index in [4.69, 9.17) is 4.74 Å². The van der Waals surface area contributed by atoms with Crippen LogP contribution < -0.4 is 0 Å². The zero-order chi connectivity index (χ0) is 16.4. The molecule has 0 spiro atoms. The normalized spacial score (nSPS) is 14.2. The standard InChI is InChI=1S/C17H25NO3/c1-12-8-9-14(10-13(12)2)17(6,11-19)18(7)15(20)21-16(3,4)5/h8-11H,1-7H3. The van der Waals surface area contributed by atoms with Gasteiger partial charge >= 0.3 is 6.09 Å². The molecule has 0 saturated carbocycles. The Labute approximate surface area is 127 Å². The van der Waals surface area contributed by atoms with Crippen molar-refractivity contribution in [2.24, 2.45) is 0 Å². The van der Waals surface area contributed by atoms with Crippen molar-refractivity contribution in [1.82, 2.24) is 4.90 Å². The number of nitrogens with zero attached hydrogens (tertiary/aromatic N) is 1. The molecule has 0 fully saturated rings. The predicted molar refractivity (Wildman–Crippen MR) is 83.3 cm³/mol. The number of aryl methyl sites for hydroxylation is 2. The van der Waals surface area contributed by atoms with Crippen molar-refractivity contribution in [1.29, 1.82) is 0 Å². The first-order valence-electron chi connectivity index (χ1n) is 7.02. The number of aldehydes is 1. The highest BCUT2D eigenvalue weighted by Gasteiger charge is 2.36. The lowest BCUT2D eigenvalue weighted by Crippen LogP contribution is -2.48. The van der Waals surface area contributed by atoms with Gasteiger partial charge in [0, 0.05) is 7.05 Å². The van der Waals surface area contributed by atoms with E-state index in [1.807, 2.05) is 32.0 Å². The lowest BCUT2D eigenvalue weighted by Gasteiger charge is -2.36. The molecule has 21 heavy (non-hydrogen) atoms. The minimum atomic E-state index is -1.05. The molecule has 1 amide bonds. The van der Waals surface area contributed by atoms with E-state index < -0.39 is 17.2 Å². The highest BCUT2D eigenvalue weighted by molar-refractivity contribution is 5.78. The summed E-state index contributed by atoms with van der Waals surface area (Å²) < 4.78 is 5.35. The first-order valence-corrected chi connectivity index (χ1v) is 7.02. The lowest BCUT2D eigenvalue weighted by atomic mass is 9.90. The molecule has 4 heteroatoms. The number of carbonyl (C=O) groups is 2. The summed E-state index contributed by atoms with van der Waals surface area (Å²) >= 11 is 0. The monoisotopic (exact) mass is 291 g/mol. The van der Waals surface area contributed by atoms with Gasteiger partial charge < -0.3 is 9.53 Å². The van der Waals surface area contributed by atoms with E-state index in [9.17, 15) is 9.59 Å². The third kappa shape index (κ3) is 3.84. The summed E-state index contributed by atoms with van der Waals surface area (Å²) in [6.45, 7) is 11.1. The molecule has 1 aromatic rings. The van der Waals surface area contributed by atoms with Gasteiger partial charge in [-0.1, -0.05) is 18.2 Å². The van der Waals surface area contributed by atoms with Crippen LogP contribution in [0.3, 0.4) is 0 Å². The van der Waals surface area contributed by atoms with Crippen LogP contribution in [0.4, 0.5) is 4.79 Å². The second-order valence-electron chi connectivity index (χ2n) is 6.60. The summed E-state index contributed by atoms with van der Waals surface area (Å²) in [7, 11) is 1.58. The number of ether oxygens (including phenoxy) is 1. The van der Waals surface area contributed by atoms with Crippen LogP contribution in [0, 0.1) is 13.8 Å². The van der Waals surface area contributed by atoms with Gasteiger partial charge in [-0.25, -0.2) is 4.79 Å². The largest absolute Gasteiger partial charge is 0.444 e. The van der Waals surface area contributed by atoms with E-state index in [1.54, 1.807) is 34.7 Å². The topological polar surface area (TPSA) is 46.6 Å². The molecule has 116 valence electrons. The average Bonchev–Trinajstić information content (AvgIpc) is 2.38. The van der Waals surface area contributed by atoms with Gasteiger partial charge in [-0.15, -0.1) is 0 Å². The van der Waals surface area contributed by atoms with E-state index in [-0.39, 0.29) is 0 Å². The van der Waals surface area contributed by atoms with Crippen LogP contribution in [0.2, 0.25) is 0 Å². The molecule has 1 aromatic carbocycles. The van der Waals surface area contributed by atoms with Gasteiger partial charge in [0.2, 0.25) is 0 Å². The smallest absolute Gasteiger partial charge is 0.411 e. The van der Waals surface area contributed by atoms with E-state index in [0.717, 1.165) is 23.0 Å². The van der Waals surface area contributed by atoms with Crippen LogP contribution in [-0.4, -0.2) is 29.9 Å². The number of benzene rings is 1. The Balaban J connectivity index is 3.16. The highest BCUT2D eigenvalue weighted by atomic mass is 16.6. The fraction of sp³-hybridized carbons (Fsp3) is 0.529. The number of amides is 1. The van der Waals surface area contributed by atoms with Crippen molar-refractivity contribution in [2.75, 3.05) is 7.05 Å². The Hall–Kier alpha value is -1.84. The molecule has 1 unspecified atom stereocenters. The zero-order valence-electron chi connectivity index (χ0n) is 14.0.